The van der Waals surface area contributed by atoms with Gasteiger partial charge in [0.25, 0.3) is 0 Å². The zero-order valence-electron chi connectivity index (χ0n) is 18.0. The molecule has 3 atom stereocenters. The summed E-state index contributed by atoms with van der Waals surface area (Å²) in [7, 11) is 5.76. The molecule has 4 rings (SSSR count). The smallest absolute Gasteiger partial charge is 0.417 e. The Kier molecular flexibility index (Phi) is 5.75. The summed E-state index contributed by atoms with van der Waals surface area (Å²) in [6.45, 7) is 2.17. The molecule has 1 saturated heterocycles. The first-order valence-corrected chi connectivity index (χ1v) is 10.3. The van der Waals surface area contributed by atoms with Gasteiger partial charge in [0.2, 0.25) is 0 Å². The lowest BCUT2D eigenvalue weighted by molar-refractivity contribution is 0.147. The number of rotatable bonds is 3. The SMILES string of the molecule is COC(=O)N1C=C[C@@H](C)C(C2N(C)[C@@H](c3ccccc3)[C@H](c3ccccc3)N2C)=C1. The molecular weight excluding hydrogens is 374 g/mol. The molecule has 2 aromatic carbocycles. The number of carbonyl (C=O) groups is 1. The van der Waals surface area contributed by atoms with Gasteiger partial charge in [-0.2, -0.15) is 0 Å². The quantitative estimate of drug-likeness (QED) is 0.738. The average Bonchev–Trinajstić information content (AvgIpc) is 3.04. The molecule has 30 heavy (non-hydrogen) atoms. The third kappa shape index (κ3) is 3.55. The summed E-state index contributed by atoms with van der Waals surface area (Å²) in [5, 5.41) is 0. The number of methoxy groups -OCH3 is 1. The number of likely N-dealkylation sites (N-methyl/N-ethyl adjacent to an activating group) is 2. The minimum Gasteiger partial charge on any atom is -0.452 e. The van der Waals surface area contributed by atoms with Gasteiger partial charge in [-0.1, -0.05) is 73.7 Å². The second-order valence-corrected chi connectivity index (χ2v) is 8.05. The molecule has 1 fully saturated rings. The van der Waals surface area contributed by atoms with Crippen molar-refractivity contribution in [2.45, 2.75) is 25.2 Å². The van der Waals surface area contributed by atoms with Crippen LogP contribution in [0.1, 0.15) is 30.1 Å². The lowest BCUT2D eigenvalue weighted by Gasteiger charge is -2.34. The molecule has 2 heterocycles. The molecule has 0 bridgehead atoms. The maximum atomic E-state index is 12.1. The van der Waals surface area contributed by atoms with Crippen molar-refractivity contribution in [3.8, 4) is 0 Å². The zero-order chi connectivity index (χ0) is 21.3. The highest BCUT2D eigenvalue weighted by Crippen LogP contribution is 2.48. The van der Waals surface area contributed by atoms with Gasteiger partial charge in [0.15, 0.2) is 0 Å². The number of ether oxygens (including phenoxy) is 1. The van der Waals surface area contributed by atoms with Crippen molar-refractivity contribution in [3.05, 3.63) is 95.8 Å². The van der Waals surface area contributed by atoms with Gasteiger partial charge in [-0.05, 0) is 30.8 Å². The standard InChI is InChI=1S/C25H29N3O2/c1-18-15-16-28(25(29)30-4)17-21(18)24-26(2)22(19-11-7-5-8-12-19)23(27(24)3)20-13-9-6-10-14-20/h5-18,22-24H,1-4H3/t18-,22+,23+/m1/s1. The average molecular weight is 404 g/mol. The minimum atomic E-state index is -0.377. The van der Waals surface area contributed by atoms with E-state index in [0.29, 0.717) is 0 Å². The van der Waals surface area contributed by atoms with Crippen molar-refractivity contribution < 1.29 is 9.53 Å². The maximum absolute atomic E-state index is 12.1. The van der Waals surface area contributed by atoms with Crippen LogP contribution in [0.25, 0.3) is 0 Å². The van der Waals surface area contributed by atoms with E-state index in [1.807, 2.05) is 6.20 Å². The van der Waals surface area contributed by atoms with E-state index in [1.54, 1.807) is 6.20 Å². The molecule has 0 N–H and O–H groups in total. The van der Waals surface area contributed by atoms with Crippen molar-refractivity contribution >= 4 is 6.09 Å². The fourth-order valence-electron chi connectivity index (χ4n) is 4.82. The van der Waals surface area contributed by atoms with Gasteiger partial charge < -0.3 is 4.74 Å². The van der Waals surface area contributed by atoms with Crippen LogP contribution in [0.2, 0.25) is 0 Å². The third-order valence-corrected chi connectivity index (χ3v) is 6.26. The number of hydrogen-bond donors (Lipinski definition) is 0. The van der Waals surface area contributed by atoms with Crippen molar-refractivity contribution in [3.63, 3.8) is 0 Å². The van der Waals surface area contributed by atoms with E-state index >= 15 is 0 Å². The third-order valence-electron chi connectivity index (χ3n) is 6.26. The summed E-state index contributed by atoms with van der Waals surface area (Å²) in [5.74, 6) is 0.215. The monoisotopic (exact) mass is 403 g/mol. The molecule has 2 aliphatic rings. The van der Waals surface area contributed by atoms with Gasteiger partial charge in [0.1, 0.15) is 0 Å². The van der Waals surface area contributed by atoms with Crippen LogP contribution in [0.4, 0.5) is 4.79 Å². The molecule has 156 valence electrons. The summed E-state index contributed by atoms with van der Waals surface area (Å²) < 4.78 is 4.93. The predicted molar refractivity (Wildman–Crippen MR) is 118 cm³/mol. The number of benzene rings is 2. The Bertz CT molecular complexity index is 890. The van der Waals surface area contributed by atoms with Crippen molar-refractivity contribution in [1.29, 1.82) is 0 Å². The summed E-state index contributed by atoms with van der Waals surface area (Å²) >= 11 is 0. The first-order chi connectivity index (χ1) is 14.5. The Labute approximate surface area is 178 Å². The molecule has 0 radical (unpaired) electrons. The molecule has 5 nitrogen and oxygen atoms in total. The lowest BCUT2D eigenvalue weighted by Crippen LogP contribution is -2.40. The number of carbonyl (C=O) groups excluding carboxylic acids is 1. The summed E-state index contributed by atoms with van der Waals surface area (Å²) in [4.78, 5) is 18.5. The fourth-order valence-corrected chi connectivity index (χ4v) is 4.82. The van der Waals surface area contributed by atoms with Crippen LogP contribution in [0.3, 0.4) is 0 Å². The highest BCUT2D eigenvalue weighted by molar-refractivity contribution is 5.70. The lowest BCUT2D eigenvalue weighted by atomic mass is 9.93. The van der Waals surface area contributed by atoms with Gasteiger partial charge in [-0.15, -0.1) is 0 Å². The summed E-state index contributed by atoms with van der Waals surface area (Å²) in [5.41, 5.74) is 3.74. The van der Waals surface area contributed by atoms with Crippen molar-refractivity contribution in [2.24, 2.45) is 5.92 Å². The zero-order valence-corrected chi connectivity index (χ0v) is 18.0. The van der Waals surface area contributed by atoms with E-state index in [9.17, 15) is 4.79 Å². The molecule has 0 aliphatic carbocycles. The molecule has 2 aliphatic heterocycles. The first kappa shape index (κ1) is 20.4. The Morgan fingerprint density at radius 3 is 1.83 bits per heavy atom. The van der Waals surface area contributed by atoms with Gasteiger partial charge >= 0.3 is 6.09 Å². The summed E-state index contributed by atoms with van der Waals surface area (Å²) in [6.07, 6.45) is 5.45. The van der Waals surface area contributed by atoms with Crippen LogP contribution < -0.4 is 0 Å². The number of amides is 1. The molecule has 1 amide bonds. The van der Waals surface area contributed by atoms with Crippen LogP contribution >= 0.6 is 0 Å². The van der Waals surface area contributed by atoms with E-state index in [1.165, 1.54) is 28.7 Å². The van der Waals surface area contributed by atoms with E-state index in [4.69, 9.17) is 4.74 Å². The van der Waals surface area contributed by atoms with E-state index in [-0.39, 0.29) is 30.3 Å². The van der Waals surface area contributed by atoms with Crippen LogP contribution in [-0.2, 0) is 4.74 Å². The van der Waals surface area contributed by atoms with E-state index < -0.39 is 0 Å². The van der Waals surface area contributed by atoms with Crippen molar-refractivity contribution in [1.82, 2.24) is 14.7 Å². The Balaban J connectivity index is 1.78. The van der Waals surface area contributed by atoms with E-state index in [2.05, 4.69) is 97.6 Å². The van der Waals surface area contributed by atoms with Gasteiger partial charge in [0, 0.05) is 18.3 Å². The molecule has 0 aromatic heterocycles. The van der Waals surface area contributed by atoms with E-state index in [0.717, 1.165) is 0 Å². The number of nitrogens with zero attached hydrogens (tertiary/aromatic N) is 3. The first-order valence-electron chi connectivity index (χ1n) is 10.3. The molecule has 5 heteroatoms. The van der Waals surface area contributed by atoms with Gasteiger partial charge in [-0.3, -0.25) is 14.7 Å². The summed E-state index contributed by atoms with van der Waals surface area (Å²) in [6, 6.07) is 21.7. The minimum absolute atomic E-state index is 0.0486. The largest absolute Gasteiger partial charge is 0.452 e. The normalized spacial score (nSPS) is 25.4. The van der Waals surface area contributed by atoms with Crippen LogP contribution in [0.15, 0.2) is 84.7 Å². The molecule has 0 unspecified atom stereocenters. The number of allylic oxidation sites excluding steroid dienone is 1. The highest BCUT2D eigenvalue weighted by atomic mass is 16.5. The van der Waals surface area contributed by atoms with Gasteiger partial charge in [0.05, 0.1) is 25.4 Å². The Hall–Kier alpha value is -2.89. The van der Waals surface area contributed by atoms with Crippen LogP contribution in [-0.4, -0.2) is 48.2 Å². The highest BCUT2D eigenvalue weighted by Gasteiger charge is 2.47. The van der Waals surface area contributed by atoms with Crippen LogP contribution in [0.5, 0.6) is 0 Å². The second-order valence-electron chi connectivity index (χ2n) is 8.05. The number of hydrogen-bond acceptors (Lipinski definition) is 4. The second kappa shape index (κ2) is 8.46. The van der Waals surface area contributed by atoms with Gasteiger partial charge in [-0.25, -0.2) is 4.79 Å². The molecule has 0 spiro atoms. The molecule has 0 saturated carbocycles. The Morgan fingerprint density at radius 2 is 1.37 bits per heavy atom. The Morgan fingerprint density at radius 1 is 0.867 bits per heavy atom. The molecule has 2 aromatic rings. The maximum Gasteiger partial charge on any atom is 0.417 e. The van der Waals surface area contributed by atoms with Crippen molar-refractivity contribution in [2.75, 3.05) is 21.2 Å². The topological polar surface area (TPSA) is 36.0 Å². The fraction of sp³-hybridized carbons (Fsp3) is 0.320. The van der Waals surface area contributed by atoms with Crippen LogP contribution in [0, 0.1) is 5.92 Å². The predicted octanol–water partition coefficient (Wildman–Crippen LogP) is 4.79. The molecular formula is C25H29N3O2.